The molecule has 1 aliphatic rings. The van der Waals surface area contributed by atoms with Crippen LogP contribution in [0.25, 0.3) is 0 Å². The highest BCUT2D eigenvalue weighted by atomic mass is 19.4. The Morgan fingerprint density at radius 2 is 1.69 bits per heavy atom. The van der Waals surface area contributed by atoms with Crippen LogP contribution in [0.5, 0.6) is 5.75 Å². The van der Waals surface area contributed by atoms with E-state index in [1.807, 2.05) is 5.32 Å². The zero-order chi connectivity index (χ0) is 37.3. The number of nitrogens with two attached hydrogens (primary N) is 1. The summed E-state index contributed by atoms with van der Waals surface area (Å²) in [6.45, 7) is -1.82. The number of alkyl halides is 5. The highest BCUT2D eigenvalue weighted by molar-refractivity contribution is 6.10. The van der Waals surface area contributed by atoms with Crippen molar-refractivity contribution in [3.8, 4) is 5.75 Å². The van der Waals surface area contributed by atoms with Crippen LogP contribution in [0, 0.1) is 5.82 Å². The van der Waals surface area contributed by atoms with Crippen LogP contribution >= 0.6 is 0 Å². The van der Waals surface area contributed by atoms with Gasteiger partial charge in [-0.25, -0.2) is 9.18 Å². The van der Waals surface area contributed by atoms with Crippen LogP contribution in [0.2, 0.25) is 0 Å². The zero-order valence-electron chi connectivity index (χ0n) is 25.9. The molecule has 1 aliphatic heterocycles. The van der Waals surface area contributed by atoms with Gasteiger partial charge in [-0.2, -0.15) is 22.0 Å². The number of carboxylic acids is 1. The molecule has 8 N–H and O–H groups in total. The molecule has 5 amide bonds. The second-order valence-electron chi connectivity index (χ2n) is 10.7. The van der Waals surface area contributed by atoms with E-state index in [0.717, 1.165) is 28.4 Å². The fourth-order valence-corrected chi connectivity index (χ4v) is 3.96. The van der Waals surface area contributed by atoms with E-state index < -0.39 is 97.1 Å². The minimum atomic E-state index is -6.05. The van der Waals surface area contributed by atoms with E-state index in [9.17, 15) is 60.2 Å². The number of anilines is 1. The third kappa shape index (κ3) is 11.1. The van der Waals surface area contributed by atoms with Crippen molar-refractivity contribution in [1.82, 2.24) is 21.3 Å². The van der Waals surface area contributed by atoms with E-state index in [1.54, 1.807) is 0 Å². The molecule has 22 heteroatoms. The molecular weight excluding hydrogens is 682 g/mol. The van der Waals surface area contributed by atoms with Crippen molar-refractivity contribution in [2.24, 2.45) is 5.73 Å². The number of carbonyl (C=O) groups excluding carboxylic acids is 5. The van der Waals surface area contributed by atoms with Crippen molar-refractivity contribution >= 4 is 41.4 Å². The lowest BCUT2D eigenvalue weighted by Gasteiger charge is -2.29. The monoisotopic (exact) mass is 716 g/mol. The Balaban J connectivity index is 2.05. The van der Waals surface area contributed by atoms with Crippen LogP contribution < -0.4 is 36.6 Å². The molecule has 1 heterocycles. The van der Waals surface area contributed by atoms with Crippen molar-refractivity contribution in [2.45, 2.75) is 62.6 Å². The number of hydrogen-bond acceptors (Lipinski definition) is 10. The molecule has 0 bridgehead atoms. The predicted molar refractivity (Wildman–Crippen MR) is 153 cm³/mol. The lowest BCUT2D eigenvalue weighted by Crippen LogP contribution is -2.63. The first-order valence-electron chi connectivity index (χ1n) is 14.3. The first-order valence-corrected chi connectivity index (χ1v) is 14.3. The molecule has 274 valence electrons. The van der Waals surface area contributed by atoms with Crippen LogP contribution in [0.4, 0.5) is 36.8 Å². The summed E-state index contributed by atoms with van der Waals surface area (Å²) in [6.07, 6.45) is -8.67. The summed E-state index contributed by atoms with van der Waals surface area (Å²) in [5.74, 6) is -12.8. The highest BCUT2D eigenvalue weighted by Gasteiger charge is 2.58. The van der Waals surface area contributed by atoms with Crippen molar-refractivity contribution in [2.75, 3.05) is 37.7 Å². The molecule has 2 rings (SSSR count). The van der Waals surface area contributed by atoms with Gasteiger partial charge >= 0.3 is 24.2 Å². The van der Waals surface area contributed by atoms with Gasteiger partial charge in [0.15, 0.2) is 0 Å². The topological polar surface area (TPSA) is 239 Å². The van der Waals surface area contributed by atoms with Gasteiger partial charge in [-0.15, -0.1) is 0 Å². The van der Waals surface area contributed by atoms with Crippen LogP contribution in [-0.4, -0.2) is 115 Å². The van der Waals surface area contributed by atoms with Crippen LogP contribution in [-0.2, 0) is 28.7 Å². The van der Waals surface area contributed by atoms with Gasteiger partial charge < -0.3 is 51.6 Å². The first-order chi connectivity index (χ1) is 22.6. The van der Waals surface area contributed by atoms with Crippen molar-refractivity contribution in [1.29, 1.82) is 0 Å². The number of rotatable bonds is 15. The number of alkyl carbamates (subject to hydrolysis) is 1. The van der Waals surface area contributed by atoms with Crippen molar-refractivity contribution in [3.63, 3.8) is 0 Å². The Morgan fingerprint density at radius 3 is 2.31 bits per heavy atom. The standard InChI is InChI=1S/C27H34F6N6O10/c1-13-19(38-23(45)25(2,47)22(44)37-12-26(29,30)27(31,32)33)20(41)39(16-11-14(28)3-5-17(16)49-13)9-10-48-24(46)36-8-7-35-18(40)6-4-15(34)21(42)43/h3,5,11,13,15,19,47H,4,6-10,12,34H2,1-2H3,(H,35,40)(H,36,46)(H,37,44)(H,38,45)(H,42,43)/t13-,15+,19+,25?/m1/s1. The Labute approximate surface area is 273 Å². The Bertz CT molecular complexity index is 1410. The fourth-order valence-electron chi connectivity index (χ4n) is 3.96. The number of amides is 5. The largest absolute Gasteiger partial charge is 0.486 e. The lowest BCUT2D eigenvalue weighted by atomic mass is 10.0. The number of fused-ring (bicyclic) bond motifs is 1. The molecule has 1 aromatic rings. The number of benzene rings is 1. The number of carbonyl (C=O) groups is 6. The number of nitrogens with zero attached hydrogens (tertiary/aromatic N) is 1. The molecule has 0 saturated carbocycles. The highest BCUT2D eigenvalue weighted by Crippen LogP contribution is 2.35. The minimum absolute atomic E-state index is 0.0728. The quantitative estimate of drug-likeness (QED) is 0.0696. The molecule has 49 heavy (non-hydrogen) atoms. The van der Waals surface area contributed by atoms with Crippen molar-refractivity contribution < 1.29 is 74.8 Å². The molecule has 0 aromatic heterocycles. The fraction of sp³-hybridized carbons (Fsp3) is 0.556. The van der Waals surface area contributed by atoms with Gasteiger partial charge in [-0.1, -0.05) is 0 Å². The third-order valence-electron chi connectivity index (χ3n) is 6.85. The number of halogens is 6. The average Bonchev–Trinajstić information content (AvgIpc) is 3.09. The summed E-state index contributed by atoms with van der Waals surface area (Å²) in [7, 11) is 0. The zero-order valence-corrected chi connectivity index (χ0v) is 25.9. The minimum Gasteiger partial charge on any atom is -0.486 e. The van der Waals surface area contributed by atoms with Crippen LogP contribution in [0.15, 0.2) is 18.2 Å². The number of aliphatic carboxylic acids is 1. The average molecular weight is 717 g/mol. The molecule has 0 fully saturated rings. The molecule has 1 unspecified atom stereocenters. The number of ether oxygens (including phenoxy) is 2. The lowest BCUT2D eigenvalue weighted by molar-refractivity contribution is -0.278. The summed E-state index contributed by atoms with van der Waals surface area (Å²) in [6, 6.07) is -0.0174. The summed E-state index contributed by atoms with van der Waals surface area (Å²) in [5, 5.41) is 27.0. The normalized spacial score (nSPS) is 18.1. The number of nitrogens with one attached hydrogen (secondary N) is 4. The van der Waals surface area contributed by atoms with Gasteiger partial charge in [0.05, 0.1) is 18.8 Å². The number of carboxylic acid groups (broad SMARTS) is 1. The number of hydrogen-bond donors (Lipinski definition) is 7. The van der Waals surface area contributed by atoms with Gasteiger partial charge in [-0.3, -0.25) is 24.0 Å². The molecule has 0 saturated heterocycles. The molecule has 0 spiro atoms. The van der Waals surface area contributed by atoms with E-state index in [2.05, 4.69) is 10.6 Å². The van der Waals surface area contributed by atoms with E-state index in [0.29, 0.717) is 6.92 Å². The van der Waals surface area contributed by atoms with E-state index in [4.69, 9.17) is 20.3 Å². The van der Waals surface area contributed by atoms with Gasteiger partial charge in [0.25, 0.3) is 17.7 Å². The first kappa shape index (κ1) is 40.3. The van der Waals surface area contributed by atoms with E-state index in [-0.39, 0.29) is 37.4 Å². The molecule has 16 nitrogen and oxygen atoms in total. The molecule has 0 radical (unpaired) electrons. The molecule has 1 aromatic carbocycles. The SMILES string of the molecule is C[C@H]1Oc2ccc(F)cc2N(CCOC(=O)NCCNC(=O)CC[C@H](N)C(=O)O)C(=O)[C@H]1NC(=O)C(C)(O)C(=O)NCC(F)(F)C(F)(F)F. The van der Waals surface area contributed by atoms with E-state index in [1.165, 1.54) is 6.92 Å². The van der Waals surface area contributed by atoms with Crippen LogP contribution in [0.1, 0.15) is 26.7 Å². The maximum atomic E-state index is 14.2. The van der Waals surface area contributed by atoms with Crippen LogP contribution in [0.3, 0.4) is 0 Å². The summed E-state index contributed by atoms with van der Waals surface area (Å²) >= 11 is 0. The Hall–Kier alpha value is -4.86. The van der Waals surface area contributed by atoms with Gasteiger partial charge in [-0.05, 0) is 32.4 Å². The summed E-state index contributed by atoms with van der Waals surface area (Å²) < 4.78 is 88.7. The smallest absolute Gasteiger partial charge is 0.455 e. The number of aliphatic hydroxyl groups is 1. The predicted octanol–water partition coefficient (Wildman–Crippen LogP) is -0.476. The van der Waals surface area contributed by atoms with Crippen molar-refractivity contribution in [3.05, 3.63) is 24.0 Å². The maximum absolute atomic E-state index is 14.2. The second-order valence-corrected chi connectivity index (χ2v) is 10.7. The van der Waals surface area contributed by atoms with E-state index >= 15 is 0 Å². The van der Waals surface area contributed by atoms with Gasteiger partial charge in [0.1, 0.15) is 36.4 Å². The second kappa shape index (κ2) is 16.5. The maximum Gasteiger partial charge on any atom is 0.455 e. The molecular formula is C27H34F6N6O10. The molecule has 4 atom stereocenters. The Kier molecular flexibility index (Phi) is 13.6. The summed E-state index contributed by atoms with van der Waals surface area (Å²) in [4.78, 5) is 74.1. The van der Waals surface area contributed by atoms with Gasteiger partial charge in [0.2, 0.25) is 11.5 Å². The Morgan fingerprint density at radius 1 is 1.06 bits per heavy atom. The third-order valence-corrected chi connectivity index (χ3v) is 6.85. The van der Waals surface area contributed by atoms with Gasteiger partial charge in [0, 0.05) is 25.6 Å². The molecule has 0 aliphatic carbocycles. The summed E-state index contributed by atoms with van der Waals surface area (Å²) in [5.41, 5.74) is 1.84.